The summed E-state index contributed by atoms with van der Waals surface area (Å²) < 4.78 is 5.31. The van der Waals surface area contributed by atoms with Crippen molar-refractivity contribution in [3.8, 4) is 5.75 Å². The topological polar surface area (TPSA) is 57.4 Å². The molecule has 0 fully saturated rings. The first-order valence-corrected chi connectivity index (χ1v) is 9.68. The number of amides is 2. The number of carbonyl (C=O) groups is 1. The number of nitrogens with one attached hydrogen (secondary N) is 2. The maximum atomic E-state index is 12.6. The highest BCUT2D eigenvalue weighted by Gasteiger charge is 2.20. The molecule has 2 amide bonds. The molecule has 0 radical (unpaired) electrons. The minimum atomic E-state index is -0.105. The fourth-order valence-corrected chi connectivity index (χ4v) is 3.82. The molecular weight excluding hydrogens is 350 g/mol. The molecular formula is C23H25N3O2. The molecule has 0 aliphatic carbocycles. The lowest BCUT2D eigenvalue weighted by Gasteiger charge is -2.27. The van der Waals surface area contributed by atoms with Crippen LogP contribution in [0.15, 0.2) is 54.7 Å². The maximum absolute atomic E-state index is 12.6. The molecule has 2 aromatic carbocycles. The Morgan fingerprint density at radius 2 is 2.07 bits per heavy atom. The Labute approximate surface area is 165 Å². The van der Waals surface area contributed by atoms with Crippen molar-refractivity contribution < 1.29 is 9.53 Å². The van der Waals surface area contributed by atoms with Gasteiger partial charge in [-0.25, -0.2) is 4.79 Å². The van der Waals surface area contributed by atoms with E-state index in [4.69, 9.17) is 4.74 Å². The normalized spacial score (nSPS) is 14.1. The van der Waals surface area contributed by atoms with Crippen molar-refractivity contribution in [1.82, 2.24) is 9.88 Å². The van der Waals surface area contributed by atoms with Crippen molar-refractivity contribution in [3.05, 3.63) is 65.9 Å². The van der Waals surface area contributed by atoms with Crippen molar-refractivity contribution in [2.45, 2.75) is 19.8 Å². The molecule has 2 N–H and O–H groups in total. The highest BCUT2D eigenvalue weighted by molar-refractivity contribution is 5.95. The summed E-state index contributed by atoms with van der Waals surface area (Å²) in [5, 5.41) is 4.21. The third-order valence-electron chi connectivity index (χ3n) is 5.37. The molecule has 5 nitrogen and oxygen atoms in total. The molecule has 5 heteroatoms. The fraction of sp³-hybridized carbons (Fsp3) is 0.261. The first kappa shape index (κ1) is 18.2. The summed E-state index contributed by atoms with van der Waals surface area (Å²) in [7, 11) is 1.60. The van der Waals surface area contributed by atoms with Gasteiger partial charge in [-0.2, -0.15) is 0 Å². The lowest BCUT2D eigenvalue weighted by molar-refractivity contribution is 0.217. The van der Waals surface area contributed by atoms with Gasteiger partial charge in [0.1, 0.15) is 5.75 Å². The minimum absolute atomic E-state index is 0.105. The number of benzene rings is 2. The molecule has 1 aliphatic heterocycles. The van der Waals surface area contributed by atoms with E-state index in [1.54, 1.807) is 7.11 Å². The van der Waals surface area contributed by atoms with E-state index in [1.807, 2.05) is 29.2 Å². The van der Waals surface area contributed by atoms with Gasteiger partial charge in [-0.1, -0.05) is 43.3 Å². The average molecular weight is 375 g/mol. The van der Waals surface area contributed by atoms with Crippen LogP contribution in [0.25, 0.3) is 16.5 Å². The molecule has 0 atom stereocenters. The van der Waals surface area contributed by atoms with E-state index in [-0.39, 0.29) is 6.03 Å². The van der Waals surface area contributed by atoms with Crippen LogP contribution in [0.3, 0.4) is 0 Å². The van der Waals surface area contributed by atoms with Crippen LogP contribution in [-0.2, 0) is 6.42 Å². The van der Waals surface area contributed by atoms with Crippen LogP contribution in [0.1, 0.15) is 24.5 Å². The lowest BCUT2D eigenvalue weighted by Crippen LogP contribution is -2.37. The number of aryl methyl sites for hydroxylation is 1. The van der Waals surface area contributed by atoms with E-state index in [1.165, 1.54) is 27.6 Å². The highest BCUT2D eigenvalue weighted by atomic mass is 16.5. The molecule has 3 aromatic rings. The smallest absolute Gasteiger partial charge is 0.322 e. The molecule has 144 valence electrons. The average Bonchev–Trinajstić information content (AvgIpc) is 3.18. The number of rotatable bonds is 4. The van der Waals surface area contributed by atoms with E-state index >= 15 is 0 Å². The number of urea groups is 1. The van der Waals surface area contributed by atoms with Crippen LogP contribution in [-0.4, -0.2) is 36.1 Å². The Morgan fingerprint density at radius 1 is 1.21 bits per heavy atom. The Hall–Kier alpha value is -3.21. The van der Waals surface area contributed by atoms with Crippen LogP contribution in [0, 0.1) is 0 Å². The second kappa shape index (κ2) is 7.80. The number of anilines is 1. The quantitative estimate of drug-likeness (QED) is 0.670. The second-order valence-corrected chi connectivity index (χ2v) is 6.95. The first-order valence-electron chi connectivity index (χ1n) is 9.68. The number of ether oxygens (including phenoxy) is 1. The molecule has 0 saturated heterocycles. The summed E-state index contributed by atoms with van der Waals surface area (Å²) in [6.07, 6.45) is 6.10. The number of carbonyl (C=O) groups excluding carboxylic acids is 1. The number of hydrogen-bond acceptors (Lipinski definition) is 2. The molecule has 0 saturated carbocycles. The Kier molecular flexibility index (Phi) is 5.06. The van der Waals surface area contributed by atoms with Gasteiger partial charge < -0.3 is 19.9 Å². The number of fused-ring (bicyclic) bond motifs is 1. The van der Waals surface area contributed by atoms with Gasteiger partial charge in [0.15, 0.2) is 0 Å². The number of nitrogens with zero attached hydrogens (tertiary/aromatic N) is 1. The molecule has 0 unspecified atom stereocenters. The molecule has 0 spiro atoms. The highest BCUT2D eigenvalue weighted by Crippen LogP contribution is 2.31. The second-order valence-electron chi connectivity index (χ2n) is 6.95. The molecule has 1 aliphatic rings. The first-order chi connectivity index (χ1) is 13.7. The SMILES string of the molecule is CCc1cccc2c(C3=CCN(C(=O)Nc4ccccc4OC)CC3)c[nH]c12. The monoisotopic (exact) mass is 375 g/mol. The number of aromatic nitrogens is 1. The van der Waals surface area contributed by atoms with Crippen molar-refractivity contribution >= 4 is 28.2 Å². The van der Waals surface area contributed by atoms with Gasteiger partial charge >= 0.3 is 6.03 Å². The van der Waals surface area contributed by atoms with Gasteiger partial charge in [-0.15, -0.1) is 0 Å². The van der Waals surface area contributed by atoms with E-state index in [0.717, 1.165) is 12.8 Å². The number of hydrogen-bond donors (Lipinski definition) is 2. The van der Waals surface area contributed by atoms with Crippen molar-refractivity contribution in [3.63, 3.8) is 0 Å². The largest absolute Gasteiger partial charge is 0.495 e. The molecule has 0 bridgehead atoms. The number of para-hydroxylation sites is 3. The van der Waals surface area contributed by atoms with E-state index in [9.17, 15) is 4.79 Å². The standard InChI is InChI=1S/C23H25N3O2/c1-3-16-7-6-8-18-19(15-24-22(16)18)17-11-13-26(14-12-17)23(27)25-20-9-4-5-10-21(20)28-2/h4-11,15,24H,3,12-14H2,1-2H3,(H,25,27). The number of aromatic amines is 1. The zero-order valence-corrected chi connectivity index (χ0v) is 16.3. The summed E-state index contributed by atoms with van der Waals surface area (Å²) >= 11 is 0. The van der Waals surface area contributed by atoms with Crippen molar-refractivity contribution in [2.75, 3.05) is 25.5 Å². The predicted molar refractivity (Wildman–Crippen MR) is 114 cm³/mol. The van der Waals surface area contributed by atoms with E-state index in [0.29, 0.717) is 24.5 Å². The molecule has 2 heterocycles. The number of H-pyrrole nitrogens is 1. The van der Waals surface area contributed by atoms with E-state index < -0.39 is 0 Å². The summed E-state index contributed by atoms with van der Waals surface area (Å²) in [4.78, 5) is 17.9. The van der Waals surface area contributed by atoms with Crippen LogP contribution in [0.4, 0.5) is 10.5 Å². The molecule has 4 rings (SSSR count). The Bertz CT molecular complexity index is 1040. The van der Waals surface area contributed by atoms with Crippen molar-refractivity contribution in [1.29, 1.82) is 0 Å². The Balaban J connectivity index is 1.50. The summed E-state index contributed by atoms with van der Waals surface area (Å²) in [6, 6.07) is 13.8. The van der Waals surface area contributed by atoms with Gasteiger partial charge in [0.2, 0.25) is 0 Å². The lowest BCUT2D eigenvalue weighted by atomic mass is 9.98. The third kappa shape index (κ3) is 3.36. The van der Waals surface area contributed by atoms with Crippen LogP contribution in [0.5, 0.6) is 5.75 Å². The van der Waals surface area contributed by atoms with Crippen LogP contribution in [0.2, 0.25) is 0 Å². The molecule has 28 heavy (non-hydrogen) atoms. The zero-order valence-electron chi connectivity index (χ0n) is 16.3. The predicted octanol–water partition coefficient (Wildman–Crippen LogP) is 5.06. The van der Waals surface area contributed by atoms with Gasteiger partial charge in [-0.3, -0.25) is 0 Å². The minimum Gasteiger partial charge on any atom is -0.495 e. The number of methoxy groups -OCH3 is 1. The zero-order chi connectivity index (χ0) is 19.5. The maximum Gasteiger partial charge on any atom is 0.322 e. The summed E-state index contributed by atoms with van der Waals surface area (Å²) in [5.41, 5.74) is 5.78. The van der Waals surface area contributed by atoms with Crippen LogP contribution < -0.4 is 10.1 Å². The van der Waals surface area contributed by atoms with E-state index in [2.05, 4.69) is 47.7 Å². The molecule has 1 aromatic heterocycles. The van der Waals surface area contributed by atoms with Crippen molar-refractivity contribution in [2.24, 2.45) is 0 Å². The van der Waals surface area contributed by atoms with Gasteiger partial charge in [-0.05, 0) is 36.1 Å². The van der Waals surface area contributed by atoms with Crippen LogP contribution >= 0.6 is 0 Å². The van der Waals surface area contributed by atoms with Gasteiger partial charge in [0.25, 0.3) is 0 Å². The summed E-state index contributed by atoms with van der Waals surface area (Å²) in [5.74, 6) is 0.662. The van der Waals surface area contributed by atoms with Gasteiger partial charge in [0.05, 0.1) is 12.8 Å². The van der Waals surface area contributed by atoms with Gasteiger partial charge in [0, 0.05) is 35.8 Å². The Morgan fingerprint density at radius 3 is 2.82 bits per heavy atom. The summed E-state index contributed by atoms with van der Waals surface area (Å²) in [6.45, 7) is 3.46. The third-order valence-corrected chi connectivity index (χ3v) is 5.37. The fourth-order valence-electron chi connectivity index (χ4n) is 3.82.